The number of carboxylic acid groups (broad SMARTS) is 1. The van der Waals surface area contributed by atoms with Crippen LogP contribution in [0.1, 0.15) is 18.4 Å². The van der Waals surface area contributed by atoms with Crippen molar-refractivity contribution in [3.05, 3.63) is 29.8 Å². The van der Waals surface area contributed by atoms with Crippen LogP contribution in [0.3, 0.4) is 0 Å². The molecule has 2 N–H and O–H groups in total. The Morgan fingerprint density at radius 1 is 1.27 bits per heavy atom. The van der Waals surface area contributed by atoms with Crippen molar-refractivity contribution in [3.63, 3.8) is 0 Å². The van der Waals surface area contributed by atoms with Gasteiger partial charge in [0.1, 0.15) is 5.75 Å². The van der Waals surface area contributed by atoms with Gasteiger partial charge in [0.15, 0.2) is 0 Å². The molecule has 1 aliphatic rings. The molecule has 1 aliphatic heterocycles. The number of alkyl halides is 3. The van der Waals surface area contributed by atoms with Gasteiger partial charge in [0, 0.05) is 13.1 Å². The first kappa shape index (κ1) is 20.0. The third-order valence-corrected chi connectivity index (χ3v) is 4.11. The van der Waals surface area contributed by atoms with Crippen LogP contribution < -0.4 is 10.1 Å². The number of piperidine rings is 1. The third kappa shape index (κ3) is 6.91. The quantitative estimate of drug-likeness (QED) is 0.764. The molecule has 0 spiro atoms. The molecule has 0 saturated carbocycles. The number of hydrogen-bond donors (Lipinski definition) is 2. The van der Waals surface area contributed by atoms with Crippen LogP contribution in [-0.2, 0) is 16.0 Å². The minimum atomic E-state index is -4.72. The predicted octanol–water partition coefficient (Wildman–Crippen LogP) is 2.04. The van der Waals surface area contributed by atoms with Gasteiger partial charge in [-0.3, -0.25) is 14.5 Å². The number of likely N-dealkylation sites (tertiary alicyclic amines) is 1. The number of nitrogens with zero attached hydrogens (tertiary/aromatic N) is 1. The molecule has 0 aromatic heterocycles. The average Bonchev–Trinajstić information content (AvgIpc) is 2.55. The highest BCUT2D eigenvalue weighted by molar-refractivity contribution is 5.78. The molecule has 1 aromatic rings. The van der Waals surface area contributed by atoms with Crippen LogP contribution in [0.2, 0.25) is 0 Å². The van der Waals surface area contributed by atoms with Gasteiger partial charge in [-0.2, -0.15) is 0 Å². The minimum Gasteiger partial charge on any atom is -0.481 e. The van der Waals surface area contributed by atoms with Crippen molar-refractivity contribution in [2.24, 2.45) is 5.92 Å². The van der Waals surface area contributed by atoms with Gasteiger partial charge in [0.05, 0.1) is 12.5 Å². The molecule has 1 atom stereocenters. The fourth-order valence-electron chi connectivity index (χ4n) is 2.86. The number of carbonyl (C=O) groups excluding carboxylic acids is 1. The van der Waals surface area contributed by atoms with E-state index in [1.54, 1.807) is 0 Å². The van der Waals surface area contributed by atoms with Crippen LogP contribution in [0.15, 0.2) is 24.3 Å². The molecule has 26 heavy (non-hydrogen) atoms. The van der Waals surface area contributed by atoms with Crippen LogP contribution in [0.5, 0.6) is 5.75 Å². The Morgan fingerprint density at radius 3 is 2.58 bits per heavy atom. The number of carbonyl (C=O) groups is 2. The van der Waals surface area contributed by atoms with Gasteiger partial charge in [-0.05, 0) is 43.5 Å². The van der Waals surface area contributed by atoms with E-state index in [0.717, 1.165) is 12.0 Å². The molecular weight excluding hydrogens is 353 g/mol. The van der Waals surface area contributed by atoms with Crippen LogP contribution in [-0.4, -0.2) is 54.4 Å². The van der Waals surface area contributed by atoms with E-state index in [-0.39, 0.29) is 18.2 Å². The summed E-state index contributed by atoms with van der Waals surface area (Å²) in [6, 6.07) is 5.47. The van der Waals surface area contributed by atoms with Crippen molar-refractivity contribution in [2.75, 3.05) is 26.2 Å². The Kier molecular flexibility index (Phi) is 6.84. The van der Waals surface area contributed by atoms with Gasteiger partial charge in [0.25, 0.3) is 0 Å². The highest BCUT2D eigenvalue weighted by Gasteiger charge is 2.31. The average molecular weight is 374 g/mol. The summed E-state index contributed by atoms with van der Waals surface area (Å²) in [7, 11) is 0. The molecular formula is C17H21F3N2O4. The van der Waals surface area contributed by atoms with Crippen molar-refractivity contribution in [1.29, 1.82) is 0 Å². The Labute approximate surface area is 148 Å². The first-order valence-corrected chi connectivity index (χ1v) is 8.29. The zero-order valence-corrected chi connectivity index (χ0v) is 14.1. The summed E-state index contributed by atoms with van der Waals surface area (Å²) < 4.78 is 40.1. The molecule has 1 unspecified atom stereocenters. The SMILES string of the molecule is O=C(CN1CCCC(C(=O)O)C1)NCCc1ccc(OC(F)(F)F)cc1. The third-order valence-electron chi connectivity index (χ3n) is 4.11. The maximum absolute atomic E-state index is 12.1. The Balaban J connectivity index is 1.70. The first-order chi connectivity index (χ1) is 12.2. The monoisotopic (exact) mass is 374 g/mol. The van der Waals surface area contributed by atoms with Gasteiger partial charge in [-0.1, -0.05) is 12.1 Å². The summed E-state index contributed by atoms with van der Waals surface area (Å²) in [6.45, 7) is 1.54. The highest BCUT2D eigenvalue weighted by Crippen LogP contribution is 2.22. The largest absolute Gasteiger partial charge is 0.573 e. The van der Waals surface area contributed by atoms with Gasteiger partial charge < -0.3 is 15.2 Å². The normalized spacial score (nSPS) is 18.3. The maximum Gasteiger partial charge on any atom is 0.573 e. The van der Waals surface area contributed by atoms with E-state index >= 15 is 0 Å². The van der Waals surface area contributed by atoms with Gasteiger partial charge in [-0.25, -0.2) is 0 Å². The second-order valence-corrected chi connectivity index (χ2v) is 6.20. The van der Waals surface area contributed by atoms with Gasteiger partial charge in [-0.15, -0.1) is 13.2 Å². The van der Waals surface area contributed by atoms with Crippen molar-refractivity contribution in [3.8, 4) is 5.75 Å². The summed E-state index contributed by atoms with van der Waals surface area (Å²) in [6.07, 6.45) is -2.88. The van der Waals surface area contributed by atoms with Crippen molar-refractivity contribution >= 4 is 11.9 Å². The van der Waals surface area contributed by atoms with Gasteiger partial charge in [0.2, 0.25) is 5.91 Å². The van der Waals surface area contributed by atoms with Crippen LogP contribution in [0.25, 0.3) is 0 Å². The molecule has 1 saturated heterocycles. The van der Waals surface area contributed by atoms with E-state index in [2.05, 4.69) is 10.1 Å². The lowest BCUT2D eigenvalue weighted by Crippen LogP contribution is -2.44. The maximum atomic E-state index is 12.1. The van der Waals surface area contributed by atoms with Crippen LogP contribution >= 0.6 is 0 Å². The topological polar surface area (TPSA) is 78.9 Å². The molecule has 1 amide bonds. The number of carboxylic acids is 1. The number of aliphatic carboxylic acids is 1. The first-order valence-electron chi connectivity index (χ1n) is 8.29. The highest BCUT2D eigenvalue weighted by atomic mass is 19.4. The zero-order chi connectivity index (χ0) is 19.2. The molecule has 1 heterocycles. The second-order valence-electron chi connectivity index (χ2n) is 6.20. The molecule has 0 bridgehead atoms. The lowest BCUT2D eigenvalue weighted by Gasteiger charge is -2.29. The summed E-state index contributed by atoms with van der Waals surface area (Å²) in [5.74, 6) is -1.77. The second kappa shape index (κ2) is 8.88. The lowest BCUT2D eigenvalue weighted by molar-refractivity contribution is -0.274. The van der Waals surface area contributed by atoms with E-state index in [9.17, 15) is 22.8 Å². The molecule has 1 fully saturated rings. The number of benzene rings is 1. The number of rotatable bonds is 7. The summed E-state index contributed by atoms with van der Waals surface area (Å²) in [4.78, 5) is 24.8. The molecule has 0 aliphatic carbocycles. The van der Waals surface area contributed by atoms with E-state index < -0.39 is 18.2 Å². The summed E-state index contributed by atoms with van der Waals surface area (Å²) >= 11 is 0. The van der Waals surface area contributed by atoms with Crippen molar-refractivity contribution in [1.82, 2.24) is 10.2 Å². The standard InChI is InChI=1S/C17H21F3N2O4/c18-17(19,20)26-14-5-3-12(4-6-14)7-8-21-15(23)11-22-9-1-2-13(10-22)16(24)25/h3-6,13H,1-2,7-11H2,(H,21,23)(H,24,25). The van der Waals surface area contributed by atoms with E-state index in [1.165, 1.54) is 24.3 Å². The Hall–Kier alpha value is -2.29. The number of nitrogens with one attached hydrogen (secondary N) is 1. The number of hydrogen-bond acceptors (Lipinski definition) is 4. The van der Waals surface area contributed by atoms with Crippen LogP contribution in [0, 0.1) is 5.92 Å². The molecule has 144 valence electrons. The Bertz CT molecular complexity index is 619. The van der Waals surface area contributed by atoms with E-state index in [4.69, 9.17) is 5.11 Å². The number of amides is 1. The smallest absolute Gasteiger partial charge is 0.481 e. The zero-order valence-electron chi connectivity index (χ0n) is 14.1. The van der Waals surface area contributed by atoms with Crippen molar-refractivity contribution < 1.29 is 32.6 Å². The molecule has 1 aromatic carbocycles. The summed E-state index contributed by atoms with van der Waals surface area (Å²) in [5, 5.41) is 11.8. The summed E-state index contributed by atoms with van der Waals surface area (Å²) in [5.41, 5.74) is 0.767. The van der Waals surface area contributed by atoms with Crippen molar-refractivity contribution in [2.45, 2.75) is 25.6 Å². The molecule has 0 radical (unpaired) electrons. The fraction of sp³-hybridized carbons (Fsp3) is 0.529. The fourth-order valence-corrected chi connectivity index (χ4v) is 2.86. The molecule has 9 heteroatoms. The number of halogens is 3. The Morgan fingerprint density at radius 2 is 1.96 bits per heavy atom. The van der Waals surface area contributed by atoms with Gasteiger partial charge >= 0.3 is 12.3 Å². The minimum absolute atomic E-state index is 0.141. The molecule has 2 rings (SSSR count). The number of ether oxygens (including phenoxy) is 1. The van der Waals surface area contributed by atoms with Crippen LogP contribution in [0.4, 0.5) is 13.2 Å². The lowest BCUT2D eigenvalue weighted by atomic mass is 9.98. The predicted molar refractivity (Wildman–Crippen MR) is 86.6 cm³/mol. The molecule has 6 nitrogen and oxygen atoms in total. The van der Waals surface area contributed by atoms with E-state index in [1.807, 2.05) is 4.90 Å². The van der Waals surface area contributed by atoms with E-state index in [0.29, 0.717) is 32.5 Å².